The lowest BCUT2D eigenvalue weighted by atomic mass is 9.92. The zero-order chi connectivity index (χ0) is 18.5. The van der Waals surface area contributed by atoms with E-state index >= 15 is 0 Å². The van der Waals surface area contributed by atoms with Crippen molar-refractivity contribution < 1.29 is 14.7 Å². The average molecular weight is 356 g/mol. The highest BCUT2D eigenvalue weighted by Crippen LogP contribution is 2.24. The molecule has 1 aliphatic heterocycles. The number of hydrogen-bond donors (Lipinski definition) is 2. The molecular formula is C19H24N4O3. The summed E-state index contributed by atoms with van der Waals surface area (Å²) in [4.78, 5) is 29.9. The molecule has 1 aromatic carbocycles. The number of amides is 1. The van der Waals surface area contributed by atoms with E-state index in [1.54, 1.807) is 13.2 Å². The van der Waals surface area contributed by atoms with E-state index in [1.807, 2.05) is 46.0 Å². The first-order chi connectivity index (χ1) is 12.6. The van der Waals surface area contributed by atoms with Crippen LogP contribution in [0.5, 0.6) is 0 Å². The highest BCUT2D eigenvalue weighted by Gasteiger charge is 2.36. The van der Waals surface area contributed by atoms with Crippen molar-refractivity contribution in [3.05, 3.63) is 54.1 Å². The Bertz CT molecular complexity index is 759. The summed E-state index contributed by atoms with van der Waals surface area (Å²) in [5.74, 6) is -0.265. The number of hydrogen-bond acceptors (Lipinski definition) is 4. The third-order valence-electron chi connectivity index (χ3n) is 4.93. The molecule has 1 saturated heterocycles. The van der Waals surface area contributed by atoms with Gasteiger partial charge in [0.25, 0.3) is 0 Å². The smallest absolute Gasteiger partial charge is 0.320 e. The first-order valence-corrected chi connectivity index (χ1v) is 8.81. The molecular weight excluding hydrogens is 332 g/mol. The van der Waals surface area contributed by atoms with Gasteiger partial charge < -0.3 is 15.0 Å². The molecule has 0 aliphatic carbocycles. The topological polar surface area (TPSA) is 87.5 Å². The van der Waals surface area contributed by atoms with Gasteiger partial charge in [0.1, 0.15) is 11.9 Å². The van der Waals surface area contributed by atoms with Crippen molar-refractivity contribution in [1.82, 2.24) is 19.8 Å². The standard InChI is InChI=1S/C19H24N4O3/c1-20-18(24)15-7-8-16(19(25)26)23(12-15)13-17-21-9-10-22(17)11-14-5-3-2-4-6-14/h2-6,9-10,15-16H,7-8,11-13H2,1H3,(H,20,24)(H,25,26)/t15-,16-/m0/s1. The number of carbonyl (C=O) groups excluding carboxylic acids is 1. The fourth-order valence-corrected chi connectivity index (χ4v) is 3.51. The largest absolute Gasteiger partial charge is 0.480 e. The second-order valence-corrected chi connectivity index (χ2v) is 6.63. The lowest BCUT2D eigenvalue weighted by Crippen LogP contribution is -2.50. The molecule has 1 aliphatic rings. The summed E-state index contributed by atoms with van der Waals surface area (Å²) in [6.07, 6.45) is 4.69. The Morgan fingerprint density at radius 3 is 2.69 bits per heavy atom. The number of piperidine rings is 1. The quantitative estimate of drug-likeness (QED) is 0.816. The predicted molar refractivity (Wildman–Crippen MR) is 96.4 cm³/mol. The maximum Gasteiger partial charge on any atom is 0.320 e. The molecule has 0 unspecified atom stereocenters. The molecule has 2 aromatic rings. The summed E-state index contributed by atoms with van der Waals surface area (Å²) in [7, 11) is 1.61. The normalized spacial score (nSPS) is 20.7. The lowest BCUT2D eigenvalue weighted by molar-refractivity contribution is -0.147. The van der Waals surface area contributed by atoms with Crippen LogP contribution in [0.25, 0.3) is 0 Å². The Morgan fingerprint density at radius 1 is 1.23 bits per heavy atom. The summed E-state index contributed by atoms with van der Waals surface area (Å²) in [6.45, 7) is 1.51. The number of benzene rings is 1. The van der Waals surface area contributed by atoms with Crippen molar-refractivity contribution in [2.24, 2.45) is 5.92 Å². The molecule has 1 aromatic heterocycles. The molecule has 1 fully saturated rings. The van der Waals surface area contributed by atoms with Gasteiger partial charge in [0.15, 0.2) is 0 Å². The second-order valence-electron chi connectivity index (χ2n) is 6.63. The van der Waals surface area contributed by atoms with Crippen molar-refractivity contribution in [1.29, 1.82) is 0 Å². The number of rotatable bonds is 6. The number of likely N-dealkylation sites (tertiary alicyclic amines) is 1. The van der Waals surface area contributed by atoms with Crippen LogP contribution in [0.15, 0.2) is 42.7 Å². The molecule has 0 radical (unpaired) electrons. The molecule has 138 valence electrons. The minimum absolute atomic E-state index is 0.0357. The number of carboxylic acids is 1. The number of nitrogens with zero attached hydrogens (tertiary/aromatic N) is 3. The van der Waals surface area contributed by atoms with Crippen LogP contribution in [0.3, 0.4) is 0 Å². The molecule has 0 bridgehead atoms. The van der Waals surface area contributed by atoms with E-state index in [2.05, 4.69) is 10.3 Å². The van der Waals surface area contributed by atoms with E-state index in [9.17, 15) is 14.7 Å². The molecule has 1 amide bonds. The fraction of sp³-hybridized carbons (Fsp3) is 0.421. The van der Waals surface area contributed by atoms with E-state index in [0.29, 0.717) is 32.5 Å². The molecule has 26 heavy (non-hydrogen) atoms. The third-order valence-corrected chi connectivity index (χ3v) is 4.93. The van der Waals surface area contributed by atoms with Crippen LogP contribution in [-0.2, 0) is 22.7 Å². The first-order valence-electron chi connectivity index (χ1n) is 8.81. The summed E-state index contributed by atoms with van der Waals surface area (Å²) in [5, 5.41) is 12.2. The summed E-state index contributed by atoms with van der Waals surface area (Å²) in [5.41, 5.74) is 1.16. The van der Waals surface area contributed by atoms with E-state index in [4.69, 9.17) is 0 Å². The summed E-state index contributed by atoms with van der Waals surface area (Å²) < 4.78 is 2.03. The van der Waals surface area contributed by atoms with Crippen LogP contribution < -0.4 is 5.32 Å². The Balaban J connectivity index is 1.76. The van der Waals surface area contributed by atoms with Crippen LogP contribution >= 0.6 is 0 Å². The van der Waals surface area contributed by atoms with Gasteiger partial charge in [0, 0.05) is 32.5 Å². The molecule has 3 rings (SSSR count). The lowest BCUT2D eigenvalue weighted by Gasteiger charge is -2.36. The molecule has 2 N–H and O–H groups in total. The van der Waals surface area contributed by atoms with E-state index < -0.39 is 12.0 Å². The zero-order valence-corrected chi connectivity index (χ0v) is 14.8. The van der Waals surface area contributed by atoms with Crippen molar-refractivity contribution in [3.63, 3.8) is 0 Å². The van der Waals surface area contributed by atoms with Crippen molar-refractivity contribution in [2.45, 2.75) is 32.0 Å². The number of aliphatic carboxylic acids is 1. The number of nitrogens with one attached hydrogen (secondary N) is 1. The molecule has 2 atom stereocenters. The van der Waals surface area contributed by atoms with E-state index in [-0.39, 0.29) is 11.8 Å². The maximum atomic E-state index is 12.0. The van der Waals surface area contributed by atoms with Crippen molar-refractivity contribution >= 4 is 11.9 Å². The van der Waals surface area contributed by atoms with Gasteiger partial charge >= 0.3 is 5.97 Å². The van der Waals surface area contributed by atoms with E-state index in [1.165, 1.54) is 0 Å². The fourth-order valence-electron chi connectivity index (χ4n) is 3.51. The number of imidazole rings is 1. The Morgan fingerprint density at radius 2 is 2.00 bits per heavy atom. The van der Waals surface area contributed by atoms with Gasteiger partial charge in [-0.2, -0.15) is 0 Å². The molecule has 7 nitrogen and oxygen atoms in total. The third kappa shape index (κ3) is 4.11. The van der Waals surface area contributed by atoms with Gasteiger partial charge in [-0.15, -0.1) is 0 Å². The number of aromatic nitrogens is 2. The monoisotopic (exact) mass is 356 g/mol. The average Bonchev–Trinajstić information content (AvgIpc) is 3.08. The number of carboxylic acid groups (broad SMARTS) is 1. The first kappa shape index (κ1) is 18.1. The summed E-state index contributed by atoms with van der Waals surface area (Å²) >= 11 is 0. The van der Waals surface area contributed by atoms with Crippen LogP contribution in [-0.4, -0.2) is 51.1 Å². The molecule has 7 heteroatoms. The highest BCUT2D eigenvalue weighted by atomic mass is 16.4. The van der Waals surface area contributed by atoms with Crippen LogP contribution in [0.1, 0.15) is 24.2 Å². The van der Waals surface area contributed by atoms with Gasteiger partial charge in [-0.3, -0.25) is 14.5 Å². The molecule has 0 saturated carbocycles. The SMILES string of the molecule is CNC(=O)[C@H]1CC[C@@H](C(=O)O)N(Cc2nccn2Cc2ccccc2)C1. The predicted octanol–water partition coefficient (Wildman–Crippen LogP) is 1.34. The Labute approximate surface area is 152 Å². The van der Waals surface area contributed by atoms with Crippen molar-refractivity contribution in [2.75, 3.05) is 13.6 Å². The highest BCUT2D eigenvalue weighted by molar-refractivity contribution is 5.79. The minimum Gasteiger partial charge on any atom is -0.480 e. The molecule has 2 heterocycles. The van der Waals surface area contributed by atoms with Crippen LogP contribution in [0, 0.1) is 5.92 Å². The number of carbonyl (C=O) groups is 2. The van der Waals surface area contributed by atoms with Crippen LogP contribution in [0.4, 0.5) is 0 Å². The zero-order valence-electron chi connectivity index (χ0n) is 14.8. The van der Waals surface area contributed by atoms with Crippen molar-refractivity contribution in [3.8, 4) is 0 Å². The van der Waals surface area contributed by atoms with Gasteiger partial charge in [-0.25, -0.2) is 4.98 Å². The van der Waals surface area contributed by atoms with Gasteiger partial charge in [0.05, 0.1) is 12.5 Å². The van der Waals surface area contributed by atoms with Gasteiger partial charge in [-0.05, 0) is 18.4 Å². The van der Waals surface area contributed by atoms with E-state index in [0.717, 1.165) is 11.4 Å². The maximum absolute atomic E-state index is 12.0. The molecule has 0 spiro atoms. The Kier molecular flexibility index (Phi) is 5.68. The minimum atomic E-state index is -0.846. The van der Waals surface area contributed by atoms with Crippen LogP contribution in [0.2, 0.25) is 0 Å². The van der Waals surface area contributed by atoms with Gasteiger partial charge in [0.2, 0.25) is 5.91 Å². The van der Waals surface area contributed by atoms with Gasteiger partial charge in [-0.1, -0.05) is 30.3 Å². The second kappa shape index (κ2) is 8.14. The Hall–Kier alpha value is -2.67. The summed E-state index contributed by atoms with van der Waals surface area (Å²) in [6, 6.07) is 9.47.